The van der Waals surface area contributed by atoms with Crippen LogP contribution in [0.4, 0.5) is 0 Å². The van der Waals surface area contributed by atoms with Gasteiger partial charge in [-0.15, -0.1) is 0 Å². The van der Waals surface area contributed by atoms with E-state index < -0.39 is 0 Å². The molecule has 21 heavy (non-hydrogen) atoms. The summed E-state index contributed by atoms with van der Waals surface area (Å²) in [6.45, 7) is 4.55. The number of benzene rings is 1. The van der Waals surface area contributed by atoms with Crippen LogP contribution in [-0.4, -0.2) is 53.6 Å². The first-order chi connectivity index (χ1) is 9.95. The quantitative estimate of drug-likeness (QED) is 0.925. The van der Waals surface area contributed by atoms with E-state index in [0.717, 1.165) is 25.1 Å². The zero-order chi connectivity index (χ0) is 15.4. The van der Waals surface area contributed by atoms with Gasteiger partial charge in [-0.25, -0.2) is 0 Å². The molecule has 1 aliphatic heterocycles. The fourth-order valence-corrected chi connectivity index (χ4v) is 2.89. The van der Waals surface area contributed by atoms with E-state index in [2.05, 4.69) is 4.90 Å². The number of aliphatic hydroxyl groups is 1. The third-order valence-corrected chi connectivity index (χ3v) is 4.27. The minimum Gasteiger partial charge on any atom is -0.393 e. The van der Waals surface area contributed by atoms with E-state index in [-0.39, 0.29) is 17.9 Å². The Morgan fingerprint density at radius 2 is 2.29 bits per heavy atom. The molecule has 116 valence electrons. The highest BCUT2D eigenvalue weighted by molar-refractivity contribution is 6.30. The van der Waals surface area contributed by atoms with Crippen LogP contribution in [0, 0.1) is 5.92 Å². The van der Waals surface area contributed by atoms with Crippen LogP contribution < -0.4 is 0 Å². The van der Waals surface area contributed by atoms with E-state index in [1.807, 2.05) is 38.2 Å². The van der Waals surface area contributed by atoms with Crippen molar-refractivity contribution in [2.24, 2.45) is 5.92 Å². The largest absolute Gasteiger partial charge is 0.393 e. The number of hydrogen-bond donors (Lipinski definition) is 1. The van der Waals surface area contributed by atoms with Crippen molar-refractivity contribution in [3.05, 3.63) is 34.9 Å². The first-order valence-corrected chi connectivity index (χ1v) is 7.72. The molecular weight excluding hydrogens is 288 g/mol. The Hall–Kier alpha value is -1.10. The number of likely N-dealkylation sites (N-methyl/N-ethyl adjacent to an activating group) is 1. The van der Waals surface area contributed by atoms with E-state index in [9.17, 15) is 9.90 Å². The molecule has 4 nitrogen and oxygen atoms in total. The lowest BCUT2D eigenvalue weighted by Crippen LogP contribution is -2.46. The van der Waals surface area contributed by atoms with Crippen molar-refractivity contribution in [3.8, 4) is 0 Å². The van der Waals surface area contributed by atoms with Crippen LogP contribution in [0.2, 0.25) is 5.02 Å². The summed E-state index contributed by atoms with van der Waals surface area (Å²) in [6.07, 6.45) is 0.507. The number of aliphatic hydroxyl groups excluding tert-OH is 1. The second-order valence-corrected chi connectivity index (χ2v) is 6.38. The van der Waals surface area contributed by atoms with Gasteiger partial charge in [0, 0.05) is 31.7 Å². The van der Waals surface area contributed by atoms with Crippen LogP contribution >= 0.6 is 11.6 Å². The fraction of sp³-hybridized carbons (Fsp3) is 0.562. The molecular formula is C16H23ClN2O2. The standard InChI is InChI=1S/C16H23ClN2O2/c1-12-9-19(7-6-15(12)20)11-16(21)18(2)10-13-4-3-5-14(17)8-13/h3-5,8,12,15,20H,6-7,9-11H2,1-2H3. The molecule has 2 unspecified atom stereocenters. The van der Waals surface area contributed by atoms with Crippen LogP contribution in [0.1, 0.15) is 18.9 Å². The van der Waals surface area contributed by atoms with Crippen molar-refractivity contribution in [2.75, 3.05) is 26.7 Å². The summed E-state index contributed by atoms with van der Waals surface area (Å²) in [6, 6.07) is 7.57. The van der Waals surface area contributed by atoms with Crippen LogP contribution in [0.15, 0.2) is 24.3 Å². The number of hydrogen-bond acceptors (Lipinski definition) is 3. The SMILES string of the molecule is CC1CN(CC(=O)N(C)Cc2cccc(Cl)c2)CCC1O. The molecule has 1 aromatic carbocycles. The molecule has 0 spiro atoms. The molecule has 0 saturated carbocycles. The van der Waals surface area contributed by atoms with E-state index >= 15 is 0 Å². The summed E-state index contributed by atoms with van der Waals surface area (Å²) in [5.41, 5.74) is 1.03. The lowest BCUT2D eigenvalue weighted by atomic mass is 9.97. The number of nitrogens with zero attached hydrogens (tertiary/aromatic N) is 2. The highest BCUT2D eigenvalue weighted by atomic mass is 35.5. The van der Waals surface area contributed by atoms with Gasteiger partial charge in [0.05, 0.1) is 12.6 Å². The summed E-state index contributed by atoms with van der Waals surface area (Å²) >= 11 is 5.96. The minimum atomic E-state index is -0.236. The first-order valence-electron chi connectivity index (χ1n) is 7.34. The van der Waals surface area contributed by atoms with E-state index in [1.54, 1.807) is 4.90 Å². The number of amides is 1. The molecule has 1 fully saturated rings. The summed E-state index contributed by atoms with van der Waals surface area (Å²) in [5, 5.41) is 10.4. The summed E-state index contributed by atoms with van der Waals surface area (Å²) in [7, 11) is 1.81. The molecule has 2 rings (SSSR count). The number of halogens is 1. The van der Waals surface area contributed by atoms with Gasteiger partial charge in [0.15, 0.2) is 0 Å². The third-order valence-electron chi connectivity index (χ3n) is 4.04. The Balaban J connectivity index is 1.85. The average molecular weight is 311 g/mol. The van der Waals surface area contributed by atoms with Crippen molar-refractivity contribution in [2.45, 2.75) is 26.0 Å². The van der Waals surface area contributed by atoms with Gasteiger partial charge in [-0.1, -0.05) is 30.7 Å². The Morgan fingerprint density at radius 1 is 1.52 bits per heavy atom. The van der Waals surface area contributed by atoms with Crippen molar-refractivity contribution in [1.82, 2.24) is 9.80 Å². The molecule has 1 aromatic rings. The van der Waals surface area contributed by atoms with Crippen molar-refractivity contribution in [3.63, 3.8) is 0 Å². The summed E-state index contributed by atoms with van der Waals surface area (Å²) in [4.78, 5) is 16.1. The van der Waals surface area contributed by atoms with Gasteiger partial charge < -0.3 is 10.0 Å². The molecule has 0 aromatic heterocycles. The second kappa shape index (κ2) is 7.25. The number of likely N-dealkylation sites (tertiary alicyclic amines) is 1. The number of carbonyl (C=O) groups is 1. The van der Waals surface area contributed by atoms with Gasteiger partial charge in [0.25, 0.3) is 0 Å². The lowest BCUT2D eigenvalue weighted by Gasteiger charge is -2.34. The molecule has 0 bridgehead atoms. The zero-order valence-electron chi connectivity index (χ0n) is 12.6. The van der Waals surface area contributed by atoms with Gasteiger partial charge >= 0.3 is 0 Å². The molecule has 5 heteroatoms. The summed E-state index contributed by atoms with van der Waals surface area (Å²) < 4.78 is 0. The van der Waals surface area contributed by atoms with Crippen LogP contribution in [0.25, 0.3) is 0 Å². The van der Waals surface area contributed by atoms with Gasteiger partial charge in [-0.3, -0.25) is 9.69 Å². The van der Waals surface area contributed by atoms with E-state index in [1.165, 1.54) is 0 Å². The molecule has 1 amide bonds. The number of piperidine rings is 1. The van der Waals surface area contributed by atoms with Crippen LogP contribution in [0.3, 0.4) is 0 Å². The third kappa shape index (κ3) is 4.70. The Labute approximate surface area is 131 Å². The predicted octanol–water partition coefficient (Wildman–Crippen LogP) is 2.00. The maximum atomic E-state index is 12.3. The highest BCUT2D eigenvalue weighted by Gasteiger charge is 2.26. The lowest BCUT2D eigenvalue weighted by molar-refractivity contribution is -0.132. The molecule has 1 saturated heterocycles. The molecule has 1 aliphatic rings. The summed E-state index contributed by atoms with van der Waals surface area (Å²) in [5.74, 6) is 0.323. The molecule has 1 N–H and O–H groups in total. The Kier molecular flexibility index (Phi) is 5.62. The minimum absolute atomic E-state index is 0.0959. The Morgan fingerprint density at radius 3 is 2.95 bits per heavy atom. The van der Waals surface area contributed by atoms with Crippen LogP contribution in [-0.2, 0) is 11.3 Å². The molecule has 0 aliphatic carbocycles. The van der Waals surface area contributed by atoms with Gasteiger partial charge in [0.1, 0.15) is 0 Å². The van der Waals surface area contributed by atoms with Gasteiger partial charge in [-0.2, -0.15) is 0 Å². The molecule has 2 atom stereocenters. The zero-order valence-corrected chi connectivity index (χ0v) is 13.4. The normalized spacial score (nSPS) is 23.0. The molecule has 1 heterocycles. The average Bonchev–Trinajstić information content (AvgIpc) is 2.43. The monoisotopic (exact) mass is 310 g/mol. The van der Waals surface area contributed by atoms with Gasteiger partial charge in [0.2, 0.25) is 5.91 Å². The predicted molar refractivity (Wildman–Crippen MR) is 84.2 cm³/mol. The smallest absolute Gasteiger partial charge is 0.236 e. The maximum Gasteiger partial charge on any atom is 0.236 e. The first kappa shape index (κ1) is 16.3. The second-order valence-electron chi connectivity index (χ2n) is 5.95. The van der Waals surface area contributed by atoms with Gasteiger partial charge in [-0.05, 0) is 30.0 Å². The van der Waals surface area contributed by atoms with Crippen molar-refractivity contribution in [1.29, 1.82) is 0 Å². The maximum absolute atomic E-state index is 12.3. The van der Waals surface area contributed by atoms with E-state index in [4.69, 9.17) is 11.6 Å². The topological polar surface area (TPSA) is 43.8 Å². The number of rotatable bonds is 4. The van der Waals surface area contributed by atoms with Crippen LogP contribution in [0.5, 0.6) is 0 Å². The fourth-order valence-electron chi connectivity index (χ4n) is 2.67. The van der Waals surface area contributed by atoms with Crippen molar-refractivity contribution >= 4 is 17.5 Å². The number of carbonyl (C=O) groups excluding carboxylic acids is 1. The van der Waals surface area contributed by atoms with Crippen molar-refractivity contribution < 1.29 is 9.90 Å². The highest BCUT2D eigenvalue weighted by Crippen LogP contribution is 2.17. The van der Waals surface area contributed by atoms with E-state index in [0.29, 0.717) is 18.1 Å². The Bertz CT molecular complexity index is 495. The molecule has 0 radical (unpaired) electrons.